The number of alkyl halides is 3. The van der Waals surface area contributed by atoms with Crippen LogP contribution >= 0.6 is 0 Å². The first kappa shape index (κ1) is 21.7. The smallest absolute Gasteiger partial charge is 0.405 e. The summed E-state index contributed by atoms with van der Waals surface area (Å²) in [6, 6.07) is 15.2. The van der Waals surface area contributed by atoms with E-state index in [1.807, 2.05) is 18.2 Å². The van der Waals surface area contributed by atoms with E-state index in [0.29, 0.717) is 11.5 Å². The maximum atomic E-state index is 12.0. The molecule has 7 nitrogen and oxygen atoms in total. The van der Waals surface area contributed by atoms with Gasteiger partial charge in [0.05, 0.1) is 0 Å². The third kappa shape index (κ3) is 8.33. The Balaban J connectivity index is 1.73. The molecule has 154 valence electrons. The summed E-state index contributed by atoms with van der Waals surface area (Å²) in [6.07, 6.45) is -4.56. The molecule has 0 saturated heterocycles. The first-order valence-electron chi connectivity index (χ1n) is 8.33. The Bertz CT molecular complexity index is 839. The fourth-order valence-electron chi connectivity index (χ4n) is 2.00. The molecule has 2 aromatic carbocycles. The summed E-state index contributed by atoms with van der Waals surface area (Å²) >= 11 is 0. The van der Waals surface area contributed by atoms with Crippen LogP contribution in [-0.4, -0.2) is 43.7 Å². The topological polar surface area (TPSA) is 93.7 Å². The number of halogens is 3. The van der Waals surface area contributed by atoms with Crippen molar-refractivity contribution in [2.24, 2.45) is 0 Å². The molecule has 0 saturated carbocycles. The van der Waals surface area contributed by atoms with Crippen molar-refractivity contribution in [2.75, 3.05) is 19.7 Å². The van der Waals surface area contributed by atoms with Crippen molar-refractivity contribution in [3.63, 3.8) is 0 Å². The van der Waals surface area contributed by atoms with Crippen LogP contribution in [0.4, 0.5) is 13.2 Å². The molecule has 10 heteroatoms. The summed E-state index contributed by atoms with van der Waals surface area (Å²) in [6.45, 7) is -2.95. The lowest BCUT2D eigenvalue weighted by Crippen LogP contribution is -2.37. The lowest BCUT2D eigenvalue weighted by Gasteiger charge is -2.09. The number of benzene rings is 2. The average Bonchev–Trinajstić information content (AvgIpc) is 2.69. The molecule has 0 aromatic heterocycles. The number of ether oxygens (including phenoxy) is 2. The fourth-order valence-corrected chi connectivity index (χ4v) is 2.00. The SMILES string of the molecule is O=C(COC(=O)CNC(=O)c1ccc(Oc2ccccc2)cc1)NCC(F)(F)F. The van der Waals surface area contributed by atoms with Crippen molar-refractivity contribution in [3.8, 4) is 11.5 Å². The largest absolute Gasteiger partial charge is 0.457 e. The molecule has 0 atom stereocenters. The number of esters is 1. The first-order chi connectivity index (χ1) is 13.7. The van der Waals surface area contributed by atoms with Gasteiger partial charge in [-0.3, -0.25) is 14.4 Å². The van der Waals surface area contributed by atoms with Gasteiger partial charge in [-0.05, 0) is 36.4 Å². The van der Waals surface area contributed by atoms with Crippen molar-refractivity contribution >= 4 is 17.8 Å². The minimum atomic E-state index is -4.56. The molecular formula is C19H17F3N2O5. The Morgan fingerprint density at radius 2 is 1.48 bits per heavy atom. The predicted octanol–water partition coefficient (Wildman–Crippen LogP) is 2.43. The summed E-state index contributed by atoms with van der Waals surface area (Å²) in [5.74, 6) is -1.50. The van der Waals surface area contributed by atoms with Gasteiger partial charge in [0.2, 0.25) is 0 Å². The third-order valence-corrected chi connectivity index (χ3v) is 3.34. The zero-order chi connectivity index (χ0) is 21.3. The molecule has 0 heterocycles. The van der Waals surface area contributed by atoms with E-state index < -0.39 is 43.7 Å². The van der Waals surface area contributed by atoms with Crippen molar-refractivity contribution in [3.05, 3.63) is 60.2 Å². The molecule has 0 unspecified atom stereocenters. The van der Waals surface area contributed by atoms with Gasteiger partial charge in [0.25, 0.3) is 11.8 Å². The number of carbonyl (C=O) groups excluding carboxylic acids is 3. The van der Waals surface area contributed by atoms with Gasteiger partial charge in [-0.25, -0.2) is 0 Å². The molecule has 0 radical (unpaired) electrons. The number of para-hydroxylation sites is 1. The maximum Gasteiger partial charge on any atom is 0.405 e. The number of amides is 2. The van der Waals surface area contributed by atoms with Gasteiger partial charge < -0.3 is 20.1 Å². The molecule has 0 aliphatic carbocycles. The van der Waals surface area contributed by atoms with Crippen LogP contribution in [-0.2, 0) is 14.3 Å². The van der Waals surface area contributed by atoms with Crippen LogP contribution in [0.25, 0.3) is 0 Å². The van der Waals surface area contributed by atoms with Crippen molar-refractivity contribution in [2.45, 2.75) is 6.18 Å². The quantitative estimate of drug-likeness (QED) is 0.652. The minimum absolute atomic E-state index is 0.251. The van der Waals surface area contributed by atoms with Crippen LogP contribution < -0.4 is 15.4 Å². The highest BCUT2D eigenvalue weighted by molar-refractivity contribution is 5.96. The van der Waals surface area contributed by atoms with Crippen molar-refractivity contribution < 1.29 is 37.0 Å². The lowest BCUT2D eigenvalue weighted by atomic mass is 10.2. The molecule has 0 spiro atoms. The van der Waals surface area contributed by atoms with Crippen molar-refractivity contribution in [1.82, 2.24) is 10.6 Å². The summed E-state index contributed by atoms with van der Waals surface area (Å²) in [5, 5.41) is 3.83. The zero-order valence-corrected chi connectivity index (χ0v) is 15.0. The number of nitrogens with one attached hydrogen (secondary N) is 2. The van der Waals surface area contributed by atoms with Crippen LogP contribution in [0.15, 0.2) is 54.6 Å². The zero-order valence-electron chi connectivity index (χ0n) is 15.0. The van der Waals surface area contributed by atoms with E-state index in [1.54, 1.807) is 29.6 Å². The second kappa shape index (κ2) is 10.1. The highest BCUT2D eigenvalue weighted by atomic mass is 19.4. The third-order valence-electron chi connectivity index (χ3n) is 3.34. The Labute approximate surface area is 163 Å². The van der Waals surface area contributed by atoms with Crippen molar-refractivity contribution in [1.29, 1.82) is 0 Å². The monoisotopic (exact) mass is 410 g/mol. The predicted molar refractivity (Wildman–Crippen MR) is 95.3 cm³/mol. The van der Waals surface area contributed by atoms with E-state index in [0.717, 1.165) is 0 Å². The van der Waals surface area contributed by atoms with Crippen LogP contribution in [0.5, 0.6) is 11.5 Å². The normalized spacial score (nSPS) is 10.7. The Kier molecular flexibility index (Phi) is 7.58. The highest BCUT2D eigenvalue weighted by Gasteiger charge is 2.27. The molecule has 0 bridgehead atoms. The van der Waals surface area contributed by atoms with Crippen LogP contribution in [0.2, 0.25) is 0 Å². The maximum absolute atomic E-state index is 12.0. The van der Waals surface area contributed by atoms with Gasteiger partial charge >= 0.3 is 12.1 Å². The van der Waals surface area contributed by atoms with Crippen LogP contribution in [0.1, 0.15) is 10.4 Å². The van der Waals surface area contributed by atoms with E-state index in [2.05, 4.69) is 10.1 Å². The molecule has 0 aliphatic heterocycles. The van der Waals surface area contributed by atoms with E-state index in [4.69, 9.17) is 4.74 Å². The number of hydrogen-bond donors (Lipinski definition) is 2. The molecule has 0 fully saturated rings. The molecule has 2 N–H and O–H groups in total. The van der Waals surface area contributed by atoms with Gasteiger partial charge in [0.15, 0.2) is 6.61 Å². The van der Waals surface area contributed by atoms with E-state index >= 15 is 0 Å². The van der Waals surface area contributed by atoms with Crippen LogP contribution in [0, 0.1) is 0 Å². The molecule has 2 rings (SSSR count). The fraction of sp³-hybridized carbons (Fsp3) is 0.211. The average molecular weight is 410 g/mol. The van der Waals surface area contributed by atoms with Gasteiger partial charge in [0.1, 0.15) is 24.6 Å². The molecule has 2 aromatic rings. The number of hydrogen-bond acceptors (Lipinski definition) is 5. The Hall–Kier alpha value is -3.56. The van der Waals surface area contributed by atoms with E-state index in [1.165, 1.54) is 12.1 Å². The van der Waals surface area contributed by atoms with Gasteiger partial charge in [0, 0.05) is 5.56 Å². The highest BCUT2D eigenvalue weighted by Crippen LogP contribution is 2.21. The van der Waals surface area contributed by atoms with Gasteiger partial charge in [-0.1, -0.05) is 18.2 Å². The van der Waals surface area contributed by atoms with E-state index in [9.17, 15) is 27.6 Å². The summed E-state index contributed by atoms with van der Waals surface area (Å²) < 4.78 is 45.9. The lowest BCUT2D eigenvalue weighted by molar-refractivity contribution is -0.150. The molecule has 29 heavy (non-hydrogen) atoms. The minimum Gasteiger partial charge on any atom is -0.457 e. The van der Waals surface area contributed by atoms with E-state index in [-0.39, 0.29) is 5.56 Å². The summed E-state index contributed by atoms with van der Waals surface area (Å²) in [4.78, 5) is 34.6. The molecule has 2 amide bonds. The molecular weight excluding hydrogens is 393 g/mol. The Morgan fingerprint density at radius 3 is 2.10 bits per heavy atom. The Morgan fingerprint density at radius 1 is 0.862 bits per heavy atom. The second-order valence-corrected chi connectivity index (χ2v) is 5.67. The summed E-state index contributed by atoms with van der Waals surface area (Å²) in [7, 11) is 0. The number of rotatable bonds is 8. The molecule has 0 aliphatic rings. The standard InChI is InChI=1S/C19H17F3N2O5/c20-19(21,22)12-24-16(25)11-28-17(26)10-23-18(27)13-6-8-15(9-7-13)29-14-4-2-1-3-5-14/h1-9H,10-12H2,(H,23,27)(H,24,25). The first-order valence-corrected chi connectivity index (χ1v) is 8.33. The second-order valence-electron chi connectivity index (χ2n) is 5.67. The van der Waals surface area contributed by atoms with Crippen LogP contribution in [0.3, 0.4) is 0 Å². The number of carbonyl (C=O) groups is 3. The van der Waals surface area contributed by atoms with Gasteiger partial charge in [-0.15, -0.1) is 0 Å². The summed E-state index contributed by atoms with van der Waals surface area (Å²) in [5.41, 5.74) is 0.251. The van der Waals surface area contributed by atoms with Gasteiger partial charge in [-0.2, -0.15) is 13.2 Å².